The minimum atomic E-state index is -0.254. The Morgan fingerprint density at radius 1 is 1.17 bits per heavy atom. The van der Waals surface area contributed by atoms with Crippen molar-refractivity contribution >= 4 is 28.8 Å². The highest BCUT2D eigenvalue weighted by atomic mass is 16.2. The number of nitrogens with one attached hydrogen (secondary N) is 1. The molecule has 1 aromatic carbocycles. The van der Waals surface area contributed by atoms with Crippen LogP contribution in [0.5, 0.6) is 0 Å². The van der Waals surface area contributed by atoms with Gasteiger partial charge in [0.25, 0.3) is 11.8 Å². The average molecular weight is 474 g/mol. The zero-order valence-corrected chi connectivity index (χ0v) is 20.6. The van der Waals surface area contributed by atoms with Gasteiger partial charge in [-0.3, -0.25) is 19.9 Å². The predicted molar refractivity (Wildman–Crippen MR) is 140 cm³/mol. The second kappa shape index (κ2) is 11.8. The second-order valence-electron chi connectivity index (χ2n) is 9.23. The van der Waals surface area contributed by atoms with Gasteiger partial charge in [0.15, 0.2) is 0 Å². The summed E-state index contributed by atoms with van der Waals surface area (Å²) in [6.07, 6.45) is 13.8. The highest BCUT2D eigenvalue weighted by Gasteiger charge is 2.26. The lowest BCUT2D eigenvalue weighted by Gasteiger charge is -2.33. The number of carbonyl (C=O) groups excluding carboxylic acids is 2. The molecular formula is C28H35N5O2. The van der Waals surface area contributed by atoms with Gasteiger partial charge in [-0.15, -0.1) is 6.58 Å². The van der Waals surface area contributed by atoms with Crippen molar-refractivity contribution in [1.29, 1.82) is 0 Å². The number of nitrogens with zero attached hydrogens (tertiary/aromatic N) is 4. The zero-order valence-electron chi connectivity index (χ0n) is 20.6. The molecule has 2 amide bonds. The zero-order chi connectivity index (χ0) is 24.6. The Balaban J connectivity index is 1.64. The minimum absolute atomic E-state index is 0.0141. The Morgan fingerprint density at radius 2 is 2.00 bits per heavy atom. The van der Waals surface area contributed by atoms with Gasteiger partial charge in [-0.05, 0) is 49.6 Å². The van der Waals surface area contributed by atoms with Crippen LogP contribution in [0.4, 0.5) is 5.95 Å². The lowest BCUT2D eigenvalue weighted by atomic mass is 9.93. The first-order valence-electron chi connectivity index (χ1n) is 12.8. The van der Waals surface area contributed by atoms with Gasteiger partial charge in [0.05, 0.1) is 16.6 Å². The molecule has 0 radical (unpaired) electrons. The number of hydrogen-bond acceptors (Lipinski definition) is 4. The molecule has 4 rings (SSSR count). The number of pyridine rings is 1. The summed E-state index contributed by atoms with van der Waals surface area (Å²) in [5.41, 5.74) is 2.71. The fourth-order valence-corrected chi connectivity index (χ4v) is 4.87. The SMILES string of the molecule is C=CCN(C(=O)c1ccc2c(c1)nc(NC(=O)c1cccnc1)n2CCCCC)C1CCCCC1. The summed E-state index contributed by atoms with van der Waals surface area (Å²) >= 11 is 0. The minimum Gasteiger partial charge on any atom is -0.332 e. The Morgan fingerprint density at radius 3 is 2.71 bits per heavy atom. The molecule has 1 fully saturated rings. The van der Waals surface area contributed by atoms with E-state index in [2.05, 4.69) is 23.8 Å². The van der Waals surface area contributed by atoms with Crippen LogP contribution in [0.15, 0.2) is 55.4 Å². The van der Waals surface area contributed by atoms with Crippen molar-refractivity contribution in [3.05, 3.63) is 66.5 Å². The normalized spacial score (nSPS) is 14.1. The molecule has 1 aliphatic carbocycles. The molecule has 0 saturated heterocycles. The molecular weight excluding hydrogens is 438 g/mol. The predicted octanol–water partition coefficient (Wildman–Crippen LogP) is 5.83. The lowest BCUT2D eigenvalue weighted by molar-refractivity contribution is 0.0663. The quantitative estimate of drug-likeness (QED) is 0.297. The number of carbonyl (C=O) groups is 2. The molecule has 7 heteroatoms. The van der Waals surface area contributed by atoms with E-state index in [0.29, 0.717) is 29.1 Å². The monoisotopic (exact) mass is 473 g/mol. The van der Waals surface area contributed by atoms with Crippen LogP contribution in [0.2, 0.25) is 0 Å². The summed E-state index contributed by atoms with van der Waals surface area (Å²) < 4.78 is 2.04. The van der Waals surface area contributed by atoms with E-state index in [-0.39, 0.29) is 17.9 Å². The third-order valence-corrected chi connectivity index (χ3v) is 6.73. The van der Waals surface area contributed by atoms with Crippen LogP contribution in [0.1, 0.15) is 79.0 Å². The van der Waals surface area contributed by atoms with Crippen LogP contribution >= 0.6 is 0 Å². The number of imidazole rings is 1. The molecule has 1 aliphatic rings. The Kier molecular flexibility index (Phi) is 8.29. The maximum Gasteiger partial charge on any atom is 0.259 e. The Labute approximate surface area is 207 Å². The van der Waals surface area contributed by atoms with E-state index in [1.54, 1.807) is 24.4 Å². The highest BCUT2D eigenvalue weighted by Crippen LogP contribution is 2.27. The van der Waals surface area contributed by atoms with E-state index in [4.69, 9.17) is 4.98 Å². The molecule has 1 saturated carbocycles. The van der Waals surface area contributed by atoms with Gasteiger partial charge in [-0.2, -0.15) is 0 Å². The average Bonchev–Trinajstić information content (AvgIpc) is 3.24. The molecule has 0 unspecified atom stereocenters. The third kappa shape index (κ3) is 5.78. The summed E-state index contributed by atoms with van der Waals surface area (Å²) in [7, 11) is 0. The number of rotatable bonds is 10. The van der Waals surface area contributed by atoms with Crippen molar-refractivity contribution in [2.75, 3.05) is 11.9 Å². The second-order valence-corrected chi connectivity index (χ2v) is 9.23. The van der Waals surface area contributed by atoms with Gasteiger partial charge in [-0.1, -0.05) is 45.1 Å². The van der Waals surface area contributed by atoms with Gasteiger partial charge in [0.2, 0.25) is 5.95 Å². The van der Waals surface area contributed by atoms with E-state index in [0.717, 1.165) is 57.0 Å². The van der Waals surface area contributed by atoms with Crippen LogP contribution in [0.3, 0.4) is 0 Å². The van der Waals surface area contributed by atoms with Crippen molar-refractivity contribution in [3.8, 4) is 0 Å². The molecule has 1 N–H and O–H groups in total. The van der Waals surface area contributed by atoms with E-state index in [9.17, 15) is 9.59 Å². The summed E-state index contributed by atoms with van der Waals surface area (Å²) in [4.78, 5) is 37.0. The van der Waals surface area contributed by atoms with Crippen molar-refractivity contribution in [2.24, 2.45) is 0 Å². The molecule has 0 atom stereocenters. The van der Waals surface area contributed by atoms with E-state index in [1.165, 1.54) is 12.6 Å². The molecule has 0 spiro atoms. The van der Waals surface area contributed by atoms with Gasteiger partial charge < -0.3 is 9.47 Å². The van der Waals surface area contributed by atoms with Gasteiger partial charge in [0.1, 0.15) is 0 Å². The molecule has 3 aromatic rings. The smallest absolute Gasteiger partial charge is 0.259 e. The van der Waals surface area contributed by atoms with Crippen LogP contribution in [-0.2, 0) is 6.54 Å². The number of hydrogen-bond donors (Lipinski definition) is 1. The summed E-state index contributed by atoms with van der Waals surface area (Å²) in [5.74, 6) is 0.251. The van der Waals surface area contributed by atoms with E-state index >= 15 is 0 Å². The van der Waals surface area contributed by atoms with Crippen molar-refractivity contribution in [2.45, 2.75) is 70.9 Å². The first-order valence-corrected chi connectivity index (χ1v) is 12.8. The molecule has 35 heavy (non-hydrogen) atoms. The Hall–Kier alpha value is -3.48. The fourth-order valence-electron chi connectivity index (χ4n) is 4.87. The highest BCUT2D eigenvalue weighted by molar-refractivity contribution is 6.04. The summed E-state index contributed by atoms with van der Waals surface area (Å²) in [5, 5.41) is 2.95. The number of anilines is 1. The van der Waals surface area contributed by atoms with Gasteiger partial charge in [-0.25, -0.2) is 4.98 Å². The first kappa shape index (κ1) is 24.6. The van der Waals surface area contributed by atoms with Crippen LogP contribution in [-0.4, -0.2) is 43.8 Å². The van der Waals surface area contributed by atoms with Crippen LogP contribution < -0.4 is 5.32 Å². The largest absolute Gasteiger partial charge is 0.332 e. The van der Waals surface area contributed by atoms with Crippen molar-refractivity contribution in [3.63, 3.8) is 0 Å². The van der Waals surface area contributed by atoms with Gasteiger partial charge in [0, 0.05) is 37.1 Å². The molecule has 7 nitrogen and oxygen atoms in total. The van der Waals surface area contributed by atoms with Gasteiger partial charge >= 0.3 is 0 Å². The first-order chi connectivity index (χ1) is 17.1. The molecule has 184 valence electrons. The Bertz CT molecular complexity index is 1160. The summed E-state index contributed by atoms with van der Waals surface area (Å²) in [6, 6.07) is 9.40. The lowest BCUT2D eigenvalue weighted by Crippen LogP contribution is -2.41. The molecule has 0 aliphatic heterocycles. The third-order valence-electron chi connectivity index (χ3n) is 6.73. The summed E-state index contributed by atoms with van der Waals surface area (Å²) in [6.45, 7) is 7.32. The standard InChI is InChI=1S/C28H35N5O2/c1-3-5-9-18-33-25-15-14-21(27(35)32(17-4-2)23-12-7-6-8-13-23)19-24(25)30-28(33)31-26(34)22-11-10-16-29-20-22/h4,10-11,14-16,19-20,23H,2-3,5-9,12-13,17-18H2,1H3,(H,30,31,34). The van der Waals surface area contributed by atoms with Crippen molar-refractivity contribution < 1.29 is 9.59 Å². The van der Waals surface area contributed by atoms with E-state index in [1.807, 2.05) is 27.7 Å². The van der Waals surface area contributed by atoms with E-state index < -0.39 is 0 Å². The molecule has 2 aromatic heterocycles. The number of amides is 2. The number of benzene rings is 1. The van der Waals surface area contributed by atoms with Crippen LogP contribution in [0.25, 0.3) is 11.0 Å². The molecule has 0 bridgehead atoms. The maximum atomic E-state index is 13.5. The fraction of sp³-hybridized carbons (Fsp3) is 0.429. The number of aromatic nitrogens is 3. The number of fused-ring (bicyclic) bond motifs is 1. The topological polar surface area (TPSA) is 80.1 Å². The van der Waals surface area contributed by atoms with Crippen LogP contribution in [0, 0.1) is 0 Å². The number of aryl methyl sites for hydroxylation is 1. The number of unbranched alkanes of at least 4 members (excludes halogenated alkanes) is 2. The van der Waals surface area contributed by atoms with Crippen molar-refractivity contribution in [1.82, 2.24) is 19.4 Å². The molecule has 2 heterocycles. The maximum absolute atomic E-state index is 13.5.